The molecule has 18 heavy (non-hydrogen) atoms. The van der Waals surface area contributed by atoms with Gasteiger partial charge in [0.15, 0.2) is 5.41 Å². The summed E-state index contributed by atoms with van der Waals surface area (Å²) in [5.41, 5.74) is -0.703. The summed E-state index contributed by atoms with van der Waals surface area (Å²) in [6.45, 7) is 1.79. The minimum Gasteiger partial charge on any atom is -0.480 e. The van der Waals surface area contributed by atoms with E-state index in [0.717, 1.165) is 5.56 Å². The second-order valence-electron chi connectivity index (χ2n) is 4.43. The van der Waals surface area contributed by atoms with Crippen LogP contribution in [-0.4, -0.2) is 22.2 Å². The van der Waals surface area contributed by atoms with Crippen molar-refractivity contribution in [3.05, 3.63) is 35.9 Å². The van der Waals surface area contributed by atoms with E-state index in [1.807, 2.05) is 30.3 Å². The number of aryl methyl sites for hydroxylation is 1. The second kappa shape index (κ2) is 6.19. The fraction of sp³-hybridized carbons (Fsp3) is 0.429. The maximum absolute atomic E-state index is 11.3. The number of benzene rings is 1. The van der Waals surface area contributed by atoms with Crippen LogP contribution in [0.5, 0.6) is 0 Å². The van der Waals surface area contributed by atoms with Crippen LogP contribution >= 0.6 is 0 Å². The van der Waals surface area contributed by atoms with E-state index in [9.17, 15) is 19.8 Å². The summed E-state index contributed by atoms with van der Waals surface area (Å²) < 4.78 is 0. The summed E-state index contributed by atoms with van der Waals surface area (Å²) >= 11 is 0. The van der Waals surface area contributed by atoms with Gasteiger partial charge in [-0.2, -0.15) is 0 Å². The van der Waals surface area contributed by atoms with E-state index in [-0.39, 0.29) is 12.8 Å². The Morgan fingerprint density at radius 3 is 2.06 bits per heavy atom. The van der Waals surface area contributed by atoms with Gasteiger partial charge in [0.25, 0.3) is 0 Å². The highest BCUT2D eigenvalue weighted by molar-refractivity contribution is 5.98. The number of rotatable bonds is 7. The van der Waals surface area contributed by atoms with E-state index in [1.165, 1.54) is 0 Å². The average molecular weight is 250 g/mol. The normalized spacial score (nSPS) is 11.2. The minimum atomic E-state index is -1.66. The van der Waals surface area contributed by atoms with Gasteiger partial charge in [0.05, 0.1) is 0 Å². The van der Waals surface area contributed by atoms with Gasteiger partial charge < -0.3 is 10.2 Å². The van der Waals surface area contributed by atoms with Crippen LogP contribution in [-0.2, 0) is 16.0 Å². The smallest absolute Gasteiger partial charge is 0.321 e. The topological polar surface area (TPSA) is 74.6 Å². The monoisotopic (exact) mass is 250 g/mol. The van der Waals surface area contributed by atoms with Crippen molar-refractivity contribution in [3.63, 3.8) is 0 Å². The lowest BCUT2D eigenvalue weighted by atomic mass is 9.78. The first kappa shape index (κ1) is 14.2. The van der Waals surface area contributed by atoms with Crippen LogP contribution in [0, 0.1) is 5.41 Å². The summed E-state index contributed by atoms with van der Waals surface area (Å²) in [6.07, 6.45) is 1.27. The third kappa shape index (κ3) is 3.09. The molecule has 0 aliphatic carbocycles. The van der Waals surface area contributed by atoms with Crippen LogP contribution < -0.4 is 0 Å². The Labute approximate surface area is 106 Å². The van der Waals surface area contributed by atoms with Crippen LogP contribution in [0.15, 0.2) is 30.3 Å². The van der Waals surface area contributed by atoms with Gasteiger partial charge in [-0.15, -0.1) is 0 Å². The molecule has 4 heteroatoms. The van der Waals surface area contributed by atoms with Gasteiger partial charge in [0, 0.05) is 0 Å². The van der Waals surface area contributed by atoms with Crippen molar-refractivity contribution < 1.29 is 19.8 Å². The molecule has 0 amide bonds. The molecule has 1 aromatic rings. The maximum Gasteiger partial charge on any atom is 0.321 e. The number of hydrogen-bond acceptors (Lipinski definition) is 2. The van der Waals surface area contributed by atoms with Crippen molar-refractivity contribution in [2.75, 3.05) is 0 Å². The second-order valence-corrected chi connectivity index (χ2v) is 4.43. The van der Waals surface area contributed by atoms with Crippen molar-refractivity contribution in [1.29, 1.82) is 0 Å². The minimum absolute atomic E-state index is 0.121. The zero-order valence-corrected chi connectivity index (χ0v) is 10.4. The predicted molar refractivity (Wildman–Crippen MR) is 67.4 cm³/mol. The van der Waals surface area contributed by atoms with E-state index in [4.69, 9.17) is 0 Å². The van der Waals surface area contributed by atoms with Gasteiger partial charge in [-0.05, 0) is 24.8 Å². The molecule has 0 bridgehead atoms. The standard InChI is InChI=1S/C14H18O4/c1-2-9-14(12(15)16,13(17)18)10-8-11-6-4-3-5-7-11/h3-7H,2,8-10H2,1H3,(H,15,16)(H,17,18). The van der Waals surface area contributed by atoms with Gasteiger partial charge in [0.1, 0.15) is 0 Å². The maximum atomic E-state index is 11.3. The fourth-order valence-electron chi connectivity index (χ4n) is 2.07. The van der Waals surface area contributed by atoms with E-state index in [2.05, 4.69) is 0 Å². The summed E-state index contributed by atoms with van der Waals surface area (Å²) in [5.74, 6) is -2.49. The molecule has 2 N–H and O–H groups in total. The van der Waals surface area contributed by atoms with E-state index < -0.39 is 17.4 Å². The Kier molecular flexibility index (Phi) is 4.89. The lowest BCUT2D eigenvalue weighted by Crippen LogP contribution is -2.39. The zero-order valence-electron chi connectivity index (χ0n) is 10.4. The largest absolute Gasteiger partial charge is 0.480 e. The molecule has 1 rings (SSSR count). The molecule has 0 aromatic heterocycles. The van der Waals surface area contributed by atoms with Gasteiger partial charge in [-0.1, -0.05) is 43.7 Å². The van der Waals surface area contributed by atoms with E-state index in [0.29, 0.717) is 12.8 Å². The molecule has 0 unspecified atom stereocenters. The van der Waals surface area contributed by atoms with Crippen molar-refractivity contribution in [2.45, 2.75) is 32.6 Å². The average Bonchev–Trinajstić information content (AvgIpc) is 2.35. The Hall–Kier alpha value is -1.84. The zero-order chi connectivity index (χ0) is 13.6. The molecule has 0 aliphatic heterocycles. The number of carbonyl (C=O) groups is 2. The third-order valence-electron chi connectivity index (χ3n) is 3.18. The molecule has 0 fully saturated rings. The first-order valence-corrected chi connectivity index (χ1v) is 6.03. The Morgan fingerprint density at radius 2 is 1.61 bits per heavy atom. The van der Waals surface area contributed by atoms with Crippen molar-refractivity contribution >= 4 is 11.9 Å². The fourth-order valence-corrected chi connectivity index (χ4v) is 2.07. The first-order valence-electron chi connectivity index (χ1n) is 6.03. The first-order chi connectivity index (χ1) is 8.53. The molecule has 0 aliphatic rings. The van der Waals surface area contributed by atoms with E-state index >= 15 is 0 Å². The summed E-state index contributed by atoms with van der Waals surface area (Å²) in [4.78, 5) is 22.6. The van der Waals surface area contributed by atoms with Crippen LogP contribution in [0.1, 0.15) is 31.7 Å². The summed E-state index contributed by atoms with van der Waals surface area (Å²) in [7, 11) is 0. The van der Waals surface area contributed by atoms with Gasteiger partial charge in [-0.25, -0.2) is 0 Å². The number of aliphatic carboxylic acids is 2. The highest BCUT2D eigenvalue weighted by atomic mass is 16.4. The molecule has 0 atom stereocenters. The molecule has 0 heterocycles. The van der Waals surface area contributed by atoms with Crippen molar-refractivity contribution in [3.8, 4) is 0 Å². The van der Waals surface area contributed by atoms with Gasteiger partial charge in [-0.3, -0.25) is 9.59 Å². The van der Waals surface area contributed by atoms with Crippen LogP contribution in [0.4, 0.5) is 0 Å². The van der Waals surface area contributed by atoms with Crippen molar-refractivity contribution in [1.82, 2.24) is 0 Å². The Morgan fingerprint density at radius 1 is 1.06 bits per heavy atom. The van der Waals surface area contributed by atoms with Crippen LogP contribution in [0.25, 0.3) is 0 Å². The van der Waals surface area contributed by atoms with Crippen LogP contribution in [0.3, 0.4) is 0 Å². The van der Waals surface area contributed by atoms with Gasteiger partial charge in [0.2, 0.25) is 0 Å². The number of carboxylic acid groups (broad SMARTS) is 2. The molecule has 0 saturated carbocycles. The number of hydrogen-bond donors (Lipinski definition) is 2. The van der Waals surface area contributed by atoms with Gasteiger partial charge >= 0.3 is 11.9 Å². The summed E-state index contributed by atoms with van der Waals surface area (Å²) in [5, 5.41) is 18.4. The molecule has 4 nitrogen and oxygen atoms in total. The predicted octanol–water partition coefficient (Wildman–Crippen LogP) is 2.57. The Balaban J connectivity index is 2.85. The number of carboxylic acids is 2. The Bertz CT molecular complexity index is 397. The molecular weight excluding hydrogens is 232 g/mol. The van der Waals surface area contributed by atoms with Crippen LogP contribution in [0.2, 0.25) is 0 Å². The molecule has 0 saturated heterocycles. The quantitative estimate of drug-likeness (QED) is 0.729. The highest BCUT2D eigenvalue weighted by Gasteiger charge is 2.45. The lowest BCUT2D eigenvalue weighted by molar-refractivity contribution is -0.165. The van der Waals surface area contributed by atoms with Crippen molar-refractivity contribution in [2.24, 2.45) is 5.41 Å². The SMILES string of the molecule is CCCC(CCc1ccccc1)(C(=O)O)C(=O)O. The summed E-state index contributed by atoms with van der Waals surface area (Å²) in [6, 6.07) is 9.34. The third-order valence-corrected chi connectivity index (χ3v) is 3.18. The molecular formula is C14H18O4. The van der Waals surface area contributed by atoms with E-state index in [1.54, 1.807) is 6.92 Å². The molecule has 1 aromatic carbocycles. The molecule has 0 spiro atoms. The molecule has 98 valence electrons. The highest BCUT2D eigenvalue weighted by Crippen LogP contribution is 2.31. The molecule has 0 radical (unpaired) electrons. The lowest BCUT2D eigenvalue weighted by Gasteiger charge is -2.24.